The molecule has 0 aliphatic carbocycles. The molecule has 1 aliphatic heterocycles. The fraction of sp³-hybridized carbons (Fsp3) is 0.333. The van der Waals surface area contributed by atoms with Crippen LogP contribution in [0.5, 0.6) is 11.5 Å². The number of nitrogens with zero attached hydrogens (tertiary/aromatic N) is 1. The molecule has 0 saturated carbocycles. The predicted octanol–water partition coefficient (Wildman–Crippen LogP) is 6.92. The van der Waals surface area contributed by atoms with Crippen LogP contribution in [0.4, 0.5) is 18.9 Å². The number of rotatable bonds is 8. The van der Waals surface area contributed by atoms with Crippen LogP contribution in [0.15, 0.2) is 72.8 Å². The lowest BCUT2D eigenvalue weighted by Crippen LogP contribution is -2.42. The van der Waals surface area contributed by atoms with Crippen molar-refractivity contribution >= 4 is 17.5 Å². The highest BCUT2D eigenvalue weighted by Crippen LogP contribution is 2.29. The van der Waals surface area contributed by atoms with Crippen molar-refractivity contribution in [3.05, 3.63) is 78.4 Å². The zero-order valence-corrected chi connectivity index (χ0v) is 21.8. The maximum absolute atomic E-state index is 13.2. The fourth-order valence-electron chi connectivity index (χ4n) is 4.51. The van der Waals surface area contributed by atoms with Crippen LogP contribution in [0.3, 0.4) is 0 Å². The van der Waals surface area contributed by atoms with Crippen molar-refractivity contribution in [1.29, 1.82) is 0 Å². The number of hydrogen-bond donors (Lipinski definition) is 1. The number of ether oxygens (including phenoxy) is 2. The second-order valence-corrected chi connectivity index (χ2v) is 9.90. The minimum Gasteiger partial charge on any atom is -0.490 e. The molecule has 0 aromatic heterocycles. The van der Waals surface area contributed by atoms with E-state index in [9.17, 15) is 22.8 Å². The van der Waals surface area contributed by atoms with Crippen molar-refractivity contribution in [2.24, 2.45) is 5.92 Å². The van der Waals surface area contributed by atoms with Crippen LogP contribution >= 0.6 is 0 Å². The second-order valence-electron chi connectivity index (χ2n) is 9.90. The summed E-state index contributed by atoms with van der Waals surface area (Å²) >= 11 is 0. The molecule has 0 atom stereocenters. The first kappa shape index (κ1) is 28.0. The molecule has 3 aromatic rings. The van der Waals surface area contributed by atoms with Gasteiger partial charge in [0.05, 0.1) is 0 Å². The lowest BCUT2D eigenvalue weighted by atomic mass is 9.99. The molecule has 6 nitrogen and oxygen atoms in total. The average molecular weight is 541 g/mol. The Morgan fingerprint density at radius 1 is 0.949 bits per heavy atom. The van der Waals surface area contributed by atoms with E-state index in [0.717, 1.165) is 12.8 Å². The third-order valence-electron chi connectivity index (χ3n) is 6.34. The molecule has 9 heteroatoms. The van der Waals surface area contributed by atoms with Crippen LogP contribution in [0.25, 0.3) is 11.1 Å². The Labute approximate surface area is 225 Å². The molecule has 0 radical (unpaired) electrons. The molecule has 0 spiro atoms. The van der Waals surface area contributed by atoms with E-state index in [1.807, 2.05) is 24.8 Å². The molecule has 1 heterocycles. The molecule has 4 rings (SSSR count). The van der Waals surface area contributed by atoms with E-state index in [4.69, 9.17) is 4.74 Å². The Morgan fingerprint density at radius 3 is 2.31 bits per heavy atom. The molecule has 206 valence electrons. The summed E-state index contributed by atoms with van der Waals surface area (Å²) in [4.78, 5) is 27.4. The Hall–Kier alpha value is -4.01. The number of piperidine rings is 1. The zero-order valence-electron chi connectivity index (χ0n) is 21.8. The number of carbonyl (C=O) groups excluding carboxylic acids is 2. The molecule has 2 amide bonds. The van der Waals surface area contributed by atoms with Gasteiger partial charge in [0, 0.05) is 49.7 Å². The van der Waals surface area contributed by atoms with Crippen molar-refractivity contribution in [1.82, 2.24) is 4.90 Å². The maximum atomic E-state index is 13.2. The van der Waals surface area contributed by atoms with Gasteiger partial charge >= 0.3 is 6.36 Å². The fourth-order valence-corrected chi connectivity index (χ4v) is 4.51. The number of hydrogen-bond acceptors (Lipinski definition) is 4. The highest BCUT2D eigenvalue weighted by atomic mass is 19.4. The molecular weight excluding hydrogens is 509 g/mol. The van der Waals surface area contributed by atoms with Gasteiger partial charge in [-0.2, -0.15) is 0 Å². The first-order valence-corrected chi connectivity index (χ1v) is 12.9. The predicted molar refractivity (Wildman–Crippen MR) is 143 cm³/mol. The topological polar surface area (TPSA) is 67.9 Å². The van der Waals surface area contributed by atoms with Gasteiger partial charge in [-0.25, -0.2) is 0 Å². The third-order valence-corrected chi connectivity index (χ3v) is 6.34. The van der Waals surface area contributed by atoms with E-state index in [2.05, 4.69) is 10.1 Å². The molecule has 1 aliphatic rings. The lowest BCUT2D eigenvalue weighted by Gasteiger charge is -2.32. The minimum absolute atomic E-state index is 0.0240. The van der Waals surface area contributed by atoms with Gasteiger partial charge in [0.15, 0.2) is 0 Å². The van der Waals surface area contributed by atoms with Crippen molar-refractivity contribution < 1.29 is 32.2 Å². The molecular formula is C30H31F3N2O4. The number of nitrogens with one attached hydrogen (secondary N) is 1. The monoisotopic (exact) mass is 540 g/mol. The van der Waals surface area contributed by atoms with Crippen LogP contribution in [-0.4, -0.2) is 42.3 Å². The van der Waals surface area contributed by atoms with E-state index in [0.29, 0.717) is 53.6 Å². The smallest absolute Gasteiger partial charge is 0.490 e. The van der Waals surface area contributed by atoms with Crippen LogP contribution in [0.1, 0.15) is 43.5 Å². The van der Waals surface area contributed by atoms with Gasteiger partial charge in [-0.15, -0.1) is 13.2 Å². The zero-order chi connectivity index (χ0) is 28.0. The van der Waals surface area contributed by atoms with Crippen LogP contribution < -0.4 is 14.8 Å². The molecule has 1 N–H and O–H groups in total. The SMILES string of the molecule is CC(C)CC(=O)N1CCC(Oc2cccc(NC(=O)c3ccccc3-c3ccc(OC(F)(F)F)cc3)c2)CC1. The van der Waals surface area contributed by atoms with Crippen LogP contribution in [0, 0.1) is 5.92 Å². The Kier molecular flexibility index (Phi) is 8.79. The summed E-state index contributed by atoms with van der Waals surface area (Å²) in [6.07, 6.45) is -2.78. The van der Waals surface area contributed by atoms with Gasteiger partial charge in [-0.3, -0.25) is 9.59 Å². The minimum atomic E-state index is -4.78. The van der Waals surface area contributed by atoms with E-state index in [-0.39, 0.29) is 23.7 Å². The van der Waals surface area contributed by atoms with E-state index < -0.39 is 6.36 Å². The van der Waals surface area contributed by atoms with Gasteiger partial charge in [0.2, 0.25) is 5.91 Å². The molecule has 39 heavy (non-hydrogen) atoms. The Bertz CT molecular complexity index is 1280. The van der Waals surface area contributed by atoms with Gasteiger partial charge in [-0.05, 0) is 47.4 Å². The summed E-state index contributed by atoms with van der Waals surface area (Å²) in [5, 5.41) is 2.88. The van der Waals surface area contributed by atoms with Crippen molar-refractivity contribution in [3.8, 4) is 22.6 Å². The molecule has 1 saturated heterocycles. The number of halogens is 3. The highest BCUT2D eigenvalue weighted by molar-refractivity contribution is 6.08. The summed E-state index contributed by atoms with van der Waals surface area (Å²) < 4.78 is 47.5. The van der Waals surface area contributed by atoms with Gasteiger partial charge < -0.3 is 19.7 Å². The normalized spacial score (nSPS) is 14.3. The van der Waals surface area contributed by atoms with Crippen LogP contribution in [-0.2, 0) is 4.79 Å². The van der Waals surface area contributed by atoms with Gasteiger partial charge in [-0.1, -0.05) is 50.2 Å². The van der Waals surface area contributed by atoms with E-state index >= 15 is 0 Å². The molecule has 1 fully saturated rings. The third kappa shape index (κ3) is 7.99. The van der Waals surface area contributed by atoms with Crippen molar-refractivity contribution in [2.75, 3.05) is 18.4 Å². The summed E-state index contributed by atoms with van der Waals surface area (Å²) in [5.74, 6) is 0.426. The Balaban J connectivity index is 1.39. The number of amides is 2. The largest absolute Gasteiger partial charge is 0.573 e. The number of likely N-dealkylation sites (tertiary alicyclic amines) is 1. The van der Waals surface area contributed by atoms with Gasteiger partial charge in [0.1, 0.15) is 17.6 Å². The lowest BCUT2D eigenvalue weighted by molar-refractivity contribution is -0.274. The van der Waals surface area contributed by atoms with Crippen molar-refractivity contribution in [3.63, 3.8) is 0 Å². The summed E-state index contributed by atoms with van der Waals surface area (Å²) in [6, 6.07) is 19.3. The first-order chi connectivity index (χ1) is 18.6. The highest BCUT2D eigenvalue weighted by Gasteiger charge is 2.31. The van der Waals surface area contributed by atoms with E-state index in [1.165, 1.54) is 24.3 Å². The first-order valence-electron chi connectivity index (χ1n) is 12.9. The summed E-state index contributed by atoms with van der Waals surface area (Å²) in [6.45, 7) is 5.39. The quantitative estimate of drug-likeness (QED) is 0.337. The molecule has 3 aromatic carbocycles. The van der Waals surface area contributed by atoms with E-state index in [1.54, 1.807) is 42.5 Å². The van der Waals surface area contributed by atoms with Crippen LogP contribution in [0.2, 0.25) is 0 Å². The Morgan fingerprint density at radius 2 is 1.64 bits per heavy atom. The number of benzene rings is 3. The second kappa shape index (κ2) is 12.2. The molecule has 0 unspecified atom stereocenters. The molecule has 0 bridgehead atoms. The maximum Gasteiger partial charge on any atom is 0.573 e. The van der Waals surface area contributed by atoms with Gasteiger partial charge in [0.25, 0.3) is 5.91 Å². The average Bonchev–Trinajstić information content (AvgIpc) is 2.88. The summed E-state index contributed by atoms with van der Waals surface area (Å²) in [5.41, 5.74) is 2.06. The standard InChI is InChI=1S/C30H31F3N2O4/c1-20(2)18-28(36)35-16-14-23(15-17-35)38-25-7-5-6-22(19-25)34-29(37)27-9-4-3-8-26(27)21-10-12-24(13-11-21)39-30(31,32)33/h3-13,19-20,23H,14-18H2,1-2H3,(H,34,37). The number of anilines is 1. The van der Waals surface area contributed by atoms with Crippen molar-refractivity contribution in [2.45, 2.75) is 45.6 Å². The summed E-state index contributed by atoms with van der Waals surface area (Å²) in [7, 11) is 0. The number of alkyl halides is 3. The number of carbonyl (C=O) groups is 2.